The maximum absolute atomic E-state index is 14.3. The molecule has 2 aromatic carbocycles. The Morgan fingerprint density at radius 2 is 2.00 bits per heavy atom. The Labute approximate surface area is 203 Å². The van der Waals surface area contributed by atoms with E-state index in [-0.39, 0.29) is 11.7 Å². The quantitative estimate of drug-likeness (QED) is 0.452. The molecule has 0 saturated carbocycles. The average Bonchev–Trinajstić information content (AvgIpc) is 3.30. The lowest BCUT2D eigenvalue weighted by atomic mass is 9.96. The van der Waals surface area contributed by atoms with Crippen LogP contribution in [0.1, 0.15) is 51.8 Å². The number of rotatable bonds is 6. The first-order valence-electron chi connectivity index (χ1n) is 11.8. The van der Waals surface area contributed by atoms with Gasteiger partial charge in [0.15, 0.2) is 0 Å². The van der Waals surface area contributed by atoms with Crippen LogP contribution >= 0.6 is 0 Å². The standard InChI is InChI=1S/C27H28FN5O2/c1-17-3-4-19(12-23(17)28)26(22-15-30-33(2)16-22)32-27(34)20-5-6-21-14-29-25(31-24(21)13-20)11-18-7-9-35-10-8-18/h3-6,12-16,18,26H,7-11H2,1-2H3,(H,32,34)/t26-/m0/s1. The van der Waals surface area contributed by atoms with E-state index in [2.05, 4.69) is 15.4 Å². The third-order valence-electron chi connectivity index (χ3n) is 6.57. The van der Waals surface area contributed by atoms with Crippen molar-refractivity contribution < 1.29 is 13.9 Å². The van der Waals surface area contributed by atoms with E-state index in [1.165, 1.54) is 6.07 Å². The van der Waals surface area contributed by atoms with Gasteiger partial charge in [-0.1, -0.05) is 18.2 Å². The first-order chi connectivity index (χ1) is 17.0. The number of amides is 1. The molecule has 8 heteroatoms. The molecule has 0 unspecified atom stereocenters. The SMILES string of the molecule is Cc1ccc([C@H](NC(=O)c2ccc3cnc(CC4CCOCC4)nc3c2)c2cnn(C)c2)cc1F. The number of hydrogen-bond donors (Lipinski definition) is 1. The summed E-state index contributed by atoms with van der Waals surface area (Å²) in [5, 5.41) is 8.16. The van der Waals surface area contributed by atoms with E-state index in [0.717, 1.165) is 54.8 Å². The molecular formula is C27H28FN5O2. The first-order valence-corrected chi connectivity index (χ1v) is 11.8. The molecule has 1 aliphatic rings. The molecule has 1 atom stereocenters. The fourth-order valence-corrected chi connectivity index (χ4v) is 4.46. The van der Waals surface area contributed by atoms with Gasteiger partial charge in [-0.3, -0.25) is 9.48 Å². The van der Waals surface area contributed by atoms with Gasteiger partial charge in [0.25, 0.3) is 5.91 Å². The smallest absolute Gasteiger partial charge is 0.252 e. The summed E-state index contributed by atoms with van der Waals surface area (Å²) in [6.07, 6.45) is 8.14. The molecule has 0 aliphatic carbocycles. The van der Waals surface area contributed by atoms with E-state index in [9.17, 15) is 9.18 Å². The Bertz CT molecular complexity index is 1360. The van der Waals surface area contributed by atoms with Crippen molar-refractivity contribution in [3.8, 4) is 0 Å². The normalized spacial score (nSPS) is 15.3. The topological polar surface area (TPSA) is 81.9 Å². The molecule has 1 saturated heterocycles. The molecule has 180 valence electrons. The summed E-state index contributed by atoms with van der Waals surface area (Å²) < 4.78 is 21.5. The van der Waals surface area contributed by atoms with Gasteiger partial charge in [-0.15, -0.1) is 0 Å². The van der Waals surface area contributed by atoms with Crippen molar-refractivity contribution in [2.24, 2.45) is 13.0 Å². The molecule has 2 aromatic heterocycles. The number of fused-ring (bicyclic) bond motifs is 1. The summed E-state index contributed by atoms with van der Waals surface area (Å²) in [4.78, 5) is 22.6. The van der Waals surface area contributed by atoms with Crippen LogP contribution in [-0.4, -0.2) is 38.9 Å². The van der Waals surface area contributed by atoms with Crippen molar-refractivity contribution in [2.45, 2.75) is 32.2 Å². The maximum atomic E-state index is 14.3. The number of halogens is 1. The number of carbonyl (C=O) groups excluding carboxylic acids is 1. The fourth-order valence-electron chi connectivity index (χ4n) is 4.46. The Morgan fingerprint density at radius 1 is 1.17 bits per heavy atom. The van der Waals surface area contributed by atoms with Crippen molar-refractivity contribution in [1.29, 1.82) is 0 Å². The monoisotopic (exact) mass is 473 g/mol. The third-order valence-corrected chi connectivity index (χ3v) is 6.57. The molecular weight excluding hydrogens is 445 g/mol. The van der Waals surface area contributed by atoms with Gasteiger partial charge in [0, 0.05) is 55.6 Å². The van der Waals surface area contributed by atoms with Crippen LogP contribution in [0, 0.1) is 18.7 Å². The predicted octanol–water partition coefficient (Wildman–Crippen LogP) is 4.30. The second kappa shape index (κ2) is 9.92. The minimum Gasteiger partial charge on any atom is -0.381 e. The molecule has 4 aromatic rings. The van der Waals surface area contributed by atoms with E-state index in [1.54, 1.807) is 43.0 Å². The number of carbonyl (C=O) groups is 1. The highest BCUT2D eigenvalue weighted by Gasteiger charge is 2.21. The molecule has 5 rings (SSSR count). The van der Waals surface area contributed by atoms with Gasteiger partial charge in [0.1, 0.15) is 11.6 Å². The van der Waals surface area contributed by atoms with E-state index in [4.69, 9.17) is 9.72 Å². The van der Waals surface area contributed by atoms with Crippen LogP contribution in [0.25, 0.3) is 10.9 Å². The van der Waals surface area contributed by atoms with Crippen LogP contribution in [-0.2, 0) is 18.2 Å². The van der Waals surface area contributed by atoms with Crippen LogP contribution in [0.2, 0.25) is 0 Å². The second-order valence-corrected chi connectivity index (χ2v) is 9.18. The predicted molar refractivity (Wildman–Crippen MR) is 130 cm³/mol. The molecule has 1 fully saturated rings. The lowest BCUT2D eigenvalue weighted by molar-refractivity contribution is 0.0660. The van der Waals surface area contributed by atoms with Crippen molar-refractivity contribution in [3.05, 3.63) is 88.9 Å². The zero-order valence-electron chi connectivity index (χ0n) is 19.9. The van der Waals surface area contributed by atoms with Gasteiger partial charge in [-0.2, -0.15) is 5.10 Å². The van der Waals surface area contributed by atoms with Crippen LogP contribution in [0.4, 0.5) is 4.39 Å². The summed E-state index contributed by atoms with van der Waals surface area (Å²) in [5.41, 5.74) is 3.18. The molecule has 3 heterocycles. The third kappa shape index (κ3) is 5.22. The van der Waals surface area contributed by atoms with E-state index < -0.39 is 6.04 Å². The van der Waals surface area contributed by atoms with Crippen molar-refractivity contribution in [1.82, 2.24) is 25.1 Å². The van der Waals surface area contributed by atoms with Crippen molar-refractivity contribution >= 4 is 16.8 Å². The Balaban J connectivity index is 1.41. The molecule has 1 N–H and O–H groups in total. The lowest BCUT2D eigenvalue weighted by Gasteiger charge is -2.21. The summed E-state index contributed by atoms with van der Waals surface area (Å²) in [6.45, 7) is 3.28. The minimum absolute atomic E-state index is 0.272. The highest BCUT2D eigenvalue weighted by molar-refractivity contribution is 5.98. The zero-order chi connectivity index (χ0) is 24.4. The molecule has 1 amide bonds. The molecule has 0 spiro atoms. The van der Waals surface area contributed by atoms with E-state index >= 15 is 0 Å². The Morgan fingerprint density at radius 3 is 2.74 bits per heavy atom. The number of nitrogens with one attached hydrogen (secondary N) is 1. The van der Waals surface area contributed by atoms with Gasteiger partial charge in [0.2, 0.25) is 0 Å². The molecule has 0 bridgehead atoms. The van der Waals surface area contributed by atoms with Crippen LogP contribution in [0.5, 0.6) is 0 Å². The summed E-state index contributed by atoms with van der Waals surface area (Å²) in [6, 6.07) is 9.86. The van der Waals surface area contributed by atoms with Gasteiger partial charge < -0.3 is 10.1 Å². The summed E-state index contributed by atoms with van der Waals surface area (Å²) in [5.74, 6) is 0.713. The summed E-state index contributed by atoms with van der Waals surface area (Å²) >= 11 is 0. The van der Waals surface area contributed by atoms with Gasteiger partial charge in [0.05, 0.1) is 17.8 Å². The number of aryl methyl sites for hydroxylation is 2. The van der Waals surface area contributed by atoms with Gasteiger partial charge in [-0.05, 0) is 55.0 Å². The van der Waals surface area contributed by atoms with E-state index in [0.29, 0.717) is 22.6 Å². The molecule has 7 nitrogen and oxygen atoms in total. The highest BCUT2D eigenvalue weighted by Crippen LogP contribution is 2.25. The molecule has 0 radical (unpaired) electrons. The largest absolute Gasteiger partial charge is 0.381 e. The number of benzene rings is 2. The maximum Gasteiger partial charge on any atom is 0.252 e. The van der Waals surface area contributed by atoms with E-state index in [1.807, 2.05) is 24.5 Å². The van der Waals surface area contributed by atoms with Crippen LogP contribution in [0.3, 0.4) is 0 Å². The molecule has 1 aliphatic heterocycles. The average molecular weight is 474 g/mol. The number of hydrogen-bond acceptors (Lipinski definition) is 5. The fraction of sp³-hybridized carbons (Fsp3) is 0.333. The first kappa shape index (κ1) is 23.1. The Hall–Kier alpha value is -3.65. The van der Waals surface area contributed by atoms with Crippen LogP contribution < -0.4 is 5.32 Å². The van der Waals surface area contributed by atoms with Gasteiger partial charge in [-0.25, -0.2) is 14.4 Å². The lowest BCUT2D eigenvalue weighted by Crippen LogP contribution is -2.29. The molecule has 35 heavy (non-hydrogen) atoms. The van der Waals surface area contributed by atoms with Crippen LogP contribution in [0.15, 0.2) is 55.0 Å². The Kier molecular flexibility index (Phi) is 6.55. The minimum atomic E-state index is -0.545. The number of aromatic nitrogens is 4. The van der Waals surface area contributed by atoms with Gasteiger partial charge >= 0.3 is 0 Å². The van der Waals surface area contributed by atoms with Crippen molar-refractivity contribution in [2.75, 3.05) is 13.2 Å². The second-order valence-electron chi connectivity index (χ2n) is 9.18. The van der Waals surface area contributed by atoms with Crippen molar-refractivity contribution in [3.63, 3.8) is 0 Å². The highest BCUT2D eigenvalue weighted by atomic mass is 19.1. The zero-order valence-corrected chi connectivity index (χ0v) is 19.9. The number of ether oxygens (including phenoxy) is 1. The summed E-state index contributed by atoms with van der Waals surface area (Å²) in [7, 11) is 1.80. The number of nitrogens with zero attached hydrogens (tertiary/aromatic N) is 4.